The quantitative estimate of drug-likeness (QED) is 0.247. The number of urea groups is 1. The third-order valence-electron chi connectivity index (χ3n) is 9.70. The van der Waals surface area contributed by atoms with Crippen molar-refractivity contribution in [2.24, 2.45) is 0 Å². The lowest BCUT2D eigenvalue weighted by atomic mass is 9.97. The van der Waals surface area contributed by atoms with Crippen molar-refractivity contribution in [1.82, 2.24) is 24.7 Å². The number of benzene rings is 2. The number of aromatic nitrogens is 2. The van der Waals surface area contributed by atoms with Gasteiger partial charge in [-0.05, 0) is 64.4 Å². The van der Waals surface area contributed by atoms with E-state index in [2.05, 4.69) is 14.9 Å². The van der Waals surface area contributed by atoms with Crippen LogP contribution in [0.25, 0.3) is 32.1 Å². The molecule has 4 aromatic rings. The number of carbonyl (C=O) groups is 1. The minimum Gasteiger partial charge on any atom is -0.472 e. The Bertz CT molecular complexity index is 1950. The number of nitrogen functional groups attached to an aromatic ring is 1. The number of hydrogen-bond acceptors (Lipinski definition) is 9. The third kappa shape index (κ3) is 5.46. The summed E-state index contributed by atoms with van der Waals surface area (Å²) in [4.78, 5) is 28.0. The van der Waals surface area contributed by atoms with Gasteiger partial charge in [0.2, 0.25) is 5.88 Å². The number of nitrogens with zero attached hydrogens (tertiary/aromatic N) is 6. The first-order valence-corrected chi connectivity index (χ1v) is 16.9. The number of fused-ring (bicyclic) bond motifs is 2. The number of nitrogens with two attached hydrogens (primary N) is 1. The van der Waals surface area contributed by atoms with E-state index in [1.54, 1.807) is 4.90 Å². The molecule has 5 heterocycles. The van der Waals surface area contributed by atoms with E-state index in [1.807, 2.05) is 31.9 Å². The lowest BCUT2D eigenvalue weighted by Gasteiger charge is -2.40. The highest BCUT2D eigenvalue weighted by Crippen LogP contribution is 2.46. The zero-order valence-corrected chi connectivity index (χ0v) is 27.8. The highest BCUT2D eigenvalue weighted by atomic mass is 35.5. The van der Waals surface area contributed by atoms with Crippen LogP contribution in [0.1, 0.15) is 45.1 Å². The van der Waals surface area contributed by atoms with Crippen LogP contribution in [0.5, 0.6) is 11.9 Å². The highest BCUT2D eigenvalue weighted by Gasteiger charge is 2.37. The predicted octanol–water partition coefficient (Wildman–Crippen LogP) is 6.43. The van der Waals surface area contributed by atoms with E-state index in [0.29, 0.717) is 19.5 Å². The molecule has 47 heavy (non-hydrogen) atoms. The Hall–Kier alpha value is -3.99. The maximum absolute atomic E-state index is 16.8. The molecule has 3 fully saturated rings. The van der Waals surface area contributed by atoms with Crippen LogP contribution in [-0.4, -0.2) is 88.2 Å². The molecule has 0 radical (unpaired) electrons. The minimum atomic E-state index is -0.799. The van der Waals surface area contributed by atoms with Gasteiger partial charge in [-0.2, -0.15) is 15.2 Å². The summed E-state index contributed by atoms with van der Waals surface area (Å²) >= 11 is 7.70. The fourth-order valence-electron chi connectivity index (χ4n) is 6.96. The van der Waals surface area contributed by atoms with Crippen molar-refractivity contribution < 1.29 is 23.0 Å². The predicted molar refractivity (Wildman–Crippen MR) is 177 cm³/mol. The zero-order valence-electron chi connectivity index (χ0n) is 26.2. The molecule has 2 aromatic heterocycles. The molecule has 2 aromatic carbocycles. The Balaban J connectivity index is 1.31. The first-order chi connectivity index (χ1) is 22.5. The van der Waals surface area contributed by atoms with Crippen LogP contribution in [-0.2, 0) is 0 Å². The number of anilines is 1. The van der Waals surface area contributed by atoms with E-state index in [1.165, 1.54) is 18.2 Å². The van der Waals surface area contributed by atoms with Gasteiger partial charge in [0.25, 0.3) is 0 Å². The van der Waals surface area contributed by atoms with E-state index in [4.69, 9.17) is 26.8 Å². The topological polar surface area (TPSA) is 121 Å². The summed E-state index contributed by atoms with van der Waals surface area (Å²) in [6, 6.07) is 6.39. The smallest absolute Gasteiger partial charge is 0.320 e. The molecule has 246 valence electrons. The number of rotatable bonds is 6. The van der Waals surface area contributed by atoms with Crippen molar-refractivity contribution in [2.45, 2.75) is 63.8 Å². The van der Waals surface area contributed by atoms with E-state index in [-0.39, 0.29) is 83.8 Å². The molecular weight excluding hydrogens is 648 g/mol. The fraction of sp³-hybridized carbons (Fsp3) is 0.455. The van der Waals surface area contributed by atoms with Gasteiger partial charge >= 0.3 is 12.0 Å². The lowest BCUT2D eigenvalue weighted by molar-refractivity contribution is 0.0939. The van der Waals surface area contributed by atoms with Crippen molar-refractivity contribution in [3.63, 3.8) is 0 Å². The fourth-order valence-corrected chi connectivity index (χ4v) is 8.20. The Morgan fingerprint density at radius 3 is 2.70 bits per heavy atom. The number of halogens is 3. The second-order valence-corrected chi connectivity index (χ2v) is 14.1. The summed E-state index contributed by atoms with van der Waals surface area (Å²) in [7, 11) is 2.03. The van der Waals surface area contributed by atoms with Crippen LogP contribution >= 0.6 is 22.9 Å². The molecule has 3 saturated heterocycles. The van der Waals surface area contributed by atoms with Gasteiger partial charge in [0.05, 0.1) is 27.2 Å². The second kappa shape index (κ2) is 12.2. The van der Waals surface area contributed by atoms with E-state index >= 15 is 4.39 Å². The number of ether oxygens (including phenoxy) is 2. The largest absolute Gasteiger partial charge is 0.472 e. The summed E-state index contributed by atoms with van der Waals surface area (Å²) in [5.41, 5.74) is 6.16. The Morgan fingerprint density at radius 2 is 2.02 bits per heavy atom. The number of nitriles is 1. The van der Waals surface area contributed by atoms with Crippen LogP contribution in [0.3, 0.4) is 0 Å². The standard InChI is InChI=1S/C33H34ClF2N7O3S/c1-16-8-12-43(16)33(44)42-11-9-18(15-42)46-31-20-13-22(34)26(19-6-7-23(35)29-25(19)21(14-37)30(38)47-29)27(36)28(20)39-32(40-31)45-17(2)24-5-4-10-41(24)3/h6-7,13,16-18,24H,4-5,8-12,15,38H2,1-3H3/t16?,17-,18?,24-/m0/s1. The molecule has 2 unspecified atom stereocenters. The molecule has 4 atom stereocenters. The summed E-state index contributed by atoms with van der Waals surface area (Å²) in [5.74, 6) is -1.29. The molecule has 0 spiro atoms. The van der Waals surface area contributed by atoms with Crippen LogP contribution in [0.15, 0.2) is 18.2 Å². The van der Waals surface area contributed by atoms with Crippen LogP contribution in [0.2, 0.25) is 5.02 Å². The van der Waals surface area contributed by atoms with Gasteiger partial charge in [0.1, 0.15) is 34.6 Å². The van der Waals surface area contributed by atoms with Gasteiger partial charge < -0.3 is 25.0 Å². The van der Waals surface area contributed by atoms with Crippen molar-refractivity contribution in [3.05, 3.63) is 40.4 Å². The van der Waals surface area contributed by atoms with Crippen molar-refractivity contribution in [3.8, 4) is 29.1 Å². The Labute approximate surface area is 279 Å². The monoisotopic (exact) mass is 681 g/mol. The van der Waals surface area contributed by atoms with Crippen LogP contribution in [0, 0.1) is 23.0 Å². The van der Waals surface area contributed by atoms with E-state index in [9.17, 15) is 14.4 Å². The van der Waals surface area contributed by atoms with Gasteiger partial charge in [-0.1, -0.05) is 17.7 Å². The maximum Gasteiger partial charge on any atom is 0.320 e. The first kappa shape index (κ1) is 31.6. The van der Waals surface area contributed by atoms with Gasteiger partial charge in [0.15, 0.2) is 5.82 Å². The Morgan fingerprint density at radius 1 is 1.21 bits per heavy atom. The van der Waals surface area contributed by atoms with E-state index < -0.39 is 17.7 Å². The number of hydrogen-bond donors (Lipinski definition) is 1. The van der Waals surface area contributed by atoms with Crippen LogP contribution < -0.4 is 15.2 Å². The van der Waals surface area contributed by atoms with Crippen LogP contribution in [0.4, 0.5) is 18.6 Å². The maximum atomic E-state index is 16.8. The number of likely N-dealkylation sites (tertiary alicyclic amines) is 3. The summed E-state index contributed by atoms with van der Waals surface area (Å²) in [6.45, 7) is 6.52. The lowest BCUT2D eigenvalue weighted by Crippen LogP contribution is -2.54. The number of amides is 2. The molecule has 3 aliphatic heterocycles. The van der Waals surface area contributed by atoms with Crippen molar-refractivity contribution in [1.29, 1.82) is 5.26 Å². The number of thiophene rings is 1. The van der Waals surface area contributed by atoms with Gasteiger partial charge in [-0.3, -0.25) is 4.90 Å². The molecule has 0 saturated carbocycles. The average molecular weight is 682 g/mol. The minimum absolute atomic E-state index is 0.00497. The molecule has 0 aliphatic carbocycles. The molecule has 0 bridgehead atoms. The van der Waals surface area contributed by atoms with E-state index in [0.717, 1.165) is 43.7 Å². The molecule has 2 N–H and O–H groups in total. The molecule has 3 aliphatic rings. The highest BCUT2D eigenvalue weighted by molar-refractivity contribution is 7.23. The molecule has 10 nitrogen and oxygen atoms in total. The summed E-state index contributed by atoms with van der Waals surface area (Å²) in [6.07, 6.45) is 2.83. The zero-order chi connectivity index (χ0) is 33.1. The van der Waals surface area contributed by atoms with Gasteiger partial charge in [0, 0.05) is 42.5 Å². The second-order valence-electron chi connectivity index (χ2n) is 12.6. The van der Waals surface area contributed by atoms with Crippen molar-refractivity contribution >= 4 is 55.0 Å². The van der Waals surface area contributed by atoms with Crippen molar-refractivity contribution in [2.75, 3.05) is 39.0 Å². The number of carbonyl (C=O) groups excluding carboxylic acids is 1. The first-order valence-electron chi connectivity index (χ1n) is 15.8. The molecule has 14 heteroatoms. The molecule has 2 amide bonds. The average Bonchev–Trinajstić information content (AvgIpc) is 3.76. The van der Waals surface area contributed by atoms with Gasteiger partial charge in [-0.25, -0.2) is 13.6 Å². The summed E-state index contributed by atoms with van der Waals surface area (Å²) in [5, 5.41) is 10.4. The molecule has 7 rings (SSSR count). The Kier molecular flexibility index (Phi) is 8.22. The normalized spacial score (nSPS) is 22.1. The third-order valence-corrected chi connectivity index (χ3v) is 11.0. The number of likely N-dealkylation sites (N-methyl/N-ethyl adjacent to an activating group) is 1. The van der Waals surface area contributed by atoms with Gasteiger partial charge in [-0.15, -0.1) is 11.3 Å². The molecular formula is C33H34ClF2N7O3S. The summed E-state index contributed by atoms with van der Waals surface area (Å²) < 4.78 is 44.4. The SMILES string of the molecule is CC1CCN1C(=O)N1CCC(Oc2nc(O[C@@H](C)[C@@H]3CCCN3C)nc3c(F)c(-c4ccc(F)c5sc(N)c(C#N)c45)c(Cl)cc23)C1.